The highest BCUT2D eigenvalue weighted by Gasteiger charge is 2.26. The fourth-order valence-electron chi connectivity index (χ4n) is 3.13. The number of halogens is 1. The van der Waals surface area contributed by atoms with Gasteiger partial charge in [0.25, 0.3) is 0 Å². The van der Waals surface area contributed by atoms with Crippen molar-refractivity contribution >= 4 is 22.3 Å². The molecule has 1 aliphatic rings. The molecule has 5 heteroatoms. The van der Waals surface area contributed by atoms with Crippen LogP contribution in [0.25, 0.3) is 10.9 Å². The summed E-state index contributed by atoms with van der Waals surface area (Å²) in [7, 11) is 0. The summed E-state index contributed by atoms with van der Waals surface area (Å²) in [4.78, 5) is 6.34. The first-order valence-electron chi connectivity index (χ1n) is 7.33. The van der Waals surface area contributed by atoms with E-state index in [1.54, 1.807) is 12.3 Å². The summed E-state index contributed by atoms with van der Waals surface area (Å²) in [5.74, 6) is -0.0356. The van der Waals surface area contributed by atoms with Gasteiger partial charge >= 0.3 is 0 Å². The molecule has 1 atom stereocenters. The fraction of sp³-hybridized carbons (Fsp3) is 0.438. The first kappa shape index (κ1) is 14.1. The van der Waals surface area contributed by atoms with Gasteiger partial charge in [0.1, 0.15) is 0 Å². The van der Waals surface area contributed by atoms with Gasteiger partial charge in [0.15, 0.2) is 5.82 Å². The number of pyridine rings is 1. The molecule has 4 nitrogen and oxygen atoms in total. The monoisotopic (exact) mass is 289 g/mol. The van der Waals surface area contributed by atoms with Crippen molar-refractivity contribution in [3.05, 3.63) is 30.2 Å². The van der Waals surface area contributed by atoms with Crippen molar-refractivity contribution in [3.8, 4) is 0 Å². The Balaban J connectivity index is 1.98. The van der Waals surface area contributed by atoms with Crippen molar-refractivity contribution in [1.82, 2.24) is 4.98 Å². The Hall–Kier alpha value is -1.88. The van der Waals surface area contributed by atoms with Crippen LogP contribution < -0.4 is 10.6 Å². The number of hydrogen-bond donors (Lipinski definition) is 2. The van der Waals surface area contributed by atoms with Gasteiger partial charge in [0, 0.05) is 30.4 Å². The Bertz CT molecular complexity index is 651. The van der Waals surface area contributed by atoms with Gasteiger partial charge in [-0.3, -0.25) is 4.98 Å². The van der Waals surface area contributed by atoms with E-state index in [2.05, 4.69) is 4.98 Å². The summed E-state index contributed by atoms with van der Waals surface area (Å²) in [5, 5.41) is 10.5. The number of nitrogens with zero attached hydrogens (tertiary/aromatic N) is 2. The minimum Gasteiger partial charge on any atom is -0.398 e. The smallest absolute Gasteiger partial charge is 0.150 e. The van der Waals surface area contributed by atoms with Crippen molar-refractivity contribution in [2.45, 2.75) is 25.9 Å². The van der Waals surface area contributed by atoms with E-state index in [1.807, 2.05) is 17.9 Å². The van der Waals surface area contributed by atoms with Crippen LogP contribution in [0.1, 0.15) is 19.8 Å². The zero-order chi connectivity index (χ0) is 15.0. The Kier molecular flexibility index (Phi) is 3.68. The van der Waals surface area contributed by atoms with E-state index in [0.29, 0.717) is 16.9 Å². The zero-order valence-corrected chi connectivity index (χ0v) is 12.1. The van der Waals surface area contributed by atoms with E-state index in [0.717, 1.165) is 31.3 Å². The fourth-order valence-corrected chi connectivity index (χ4v) is 3.13. The number of aliphatic hydroxyl groups excluding tert-OH is 1. The molecule has 0 spiro atoms. The molecule has 112 valence electrons. The topological polar surface area (TPSA) is 62.4 Å². The number of rotatable bonds is 2. The first-order chi connectivity index (χ1) is 10.1. The van der Waals surface area contributed by atoms with Crippen LogP contribution in [0.4, 0.5) is 15.8 Å². The molecule has 0 saturated carbocycles. The summed E-state index contributed by atoms with van der Waals surface area (Å²) >= 11 is 0. The maximum absolute atomic E-state index is 14.4. The van der Waals surface area contributed by atoms with Gasteiger partial charge < -0.3 is 15.7 Å². The van der Waals surface area contributed by atoms with Gasteiger partial charge in [-0.2, -0.15) is 0 Å². The van der Waals surface area contributed by atoms with Crippen LogP contribution in [0.3, 0.4) is 0 Å². The lowest BCUT2D eigenvalue weighted by atomic mass is 9.91. The third-order valence-electron chi connectivity index (χ3n) is 4.39. The van der Waals surface area contributed by atoms with E-state index in [9.17, 15) is 9.50 Å². The van der Waals surface area contributed by atoms with Crippen LogP contribution in [0, 0.1) is 11.7 Å². The highest BCUT2D eigenvalue weighted by Crippen LogP contribution is 2.35. The van der Waals surface area contributed by atoms with E-state index >= 15 is 0 Å². The molecule has 0 amide bonds. The maximum atomic E-state index is 14.4. The van der Waals surface area contributed by atoms with Crippen LogP contribution in [0.15, 0.2) is 24.4 Å². The number of nitrogen functional groups attached to an aromatic ring is 1. The number of piperidine rings is 1. The summed E-state index contributed by atoms with van der Waals surface area (Å²) in [6.07, 6.45) is 3.07. The molecule has 2 heterocycles. The molecule has 1 aromatic carbocycles. The Labute approximate surface area is 123 Å². The summed E-state index contributed by atoms with van der Waals surface area (Å²) < 4.78 is 14.4. The maximum Gasteiger partial charge on any atom is 0.150 e. The van der Waals surface area contributed by atoms with Crippen LogP contribution in [-0.2, 0) is 0 Å². The van der Waals surface area contributed by atoms with Crippen molar-refractivity contribution in [1.29, 1.82) is 0 Å². The second-order valence-electron chi connectivity index (χ2n) is 5.76. The molecule has 21 heavy (non-hydrogen) atoms. The van der Waals surface area contributed by atoms with Gasteiger partial charge in [-0.05, 0) is 43.9 Å². The van der Waals surface area contributed by atoms with Crippen molar-refractivity contribution in [2.24, 2.45) is 5.92 Å². The molecule has 1 unspecified atom stereocenters. The van der Waals surface area contributed by atoms with Crippen molar-refractivity contribution in [2.75, 3.05) is 23.7 Å². The van der Waals surface area contributed by atoms with Crippen LogP contribution in [0.5, 0.6) is 0 Å². The molecule has 1 saturated heterocycles. The minimum atomic E-state index is -0.325. The van der Waals surface area contributed by atoms with E-state index in [-0.39, 0.29) is 17.8 Å². The number of aliphatic hydroxyl groups is 1. The van der Waals surface area contributed by atoms with Gasteiger partial charge in [-0.25, -0.2) is 4.39 Å². The van der Waals surface area contributed by atoms with E-state index in [4.69, 9.17) is 5.73 Å². The standard InChI is InChI=1S/C16H20FN3O/c1-10(21)11-4-7-20(8-5-11)16-13(17)9-14(18)12-3-2-6-19-15(12)16/h2-3,6,9-11,21H,4-5,7-8,18H2,1H3. The van der Waals surface area contributed by atoms with E-state index in [1.165, 1.54) is 6.07 Å². The van der Waals surface area contributed by atoms with Crippen molar-refractivity contribution < 1.29 is 9.50 Å². The van der Waals surface area contributed by atoms with Crippen LogP contribution in [0.2, 0.25) is 0 Å². The lowest BCUT2D eigenvalue weighted by molar-refractivity contribution is 0.110. The Morgan fingerprint density at radius 1 is 1.43 bits per heavy atom. The quantitative estimate of drug-likeness (QED) is 0.834. The second kappa shape index (κ2) is 5.48. The molecule has 0 aliphatic carbocycles. The number of nitrogens with two attached hydrogens (primary N) is 1. The molecule has 2 aromatic rings. The summed E-state index contributed by atoms with van der Waals surface area (Å²) in [6.45, 7) is 3.27. The highest BCUT2D eigenvalue weighted by molar-refractivity contribution is 5.98. The normalized spacial score (nSPS) is 18.1. The van der Waals surface area contributed by atoms with Crippen LogP contribution >= 0.6 is 0 Å². The Morgan fingerprint density at radius 2 is 2.14 bits per heavy atom. The lowest BCUT2D eigenvalue weighted by Crippen LogP contribution is -2.37. The predicted octanol–water partition coefficient (Wildman–Crippen LogP) is 2.55. The lowest BCUT2D eigenvalue weighted by Gasteiger charge is -2.35. The molecular formula is C16H20FN3O. The van der Waals surface area contributed by atoms with E-state index < -0.39 is 0 Å². The molecule has 3 N–H and O–H groups in total. The summed E-state index contributed by atoms with van der Waals surface area (Å²) in [6, 6.07) is 5.04. The molecular weight excluding hydrogens is 269 g/mol. The zero-order valence-electron chi connectivity index (χ0n) is 12.1. The highest BCUT2D eigenvalue weighted by atomic mass is 19.1. The number of aromatic nitrogens is 1. The average Bonchev–Trinajstić information content (AvgIpc) is 2.48. The summed E-state index contributed by atoms with van der Waals surface area (Å²) in [5.41, 5.74) is 7.45. The van der Waals surface area contributed by atoms with Gasteiger partial charge in [-0.1, -0.05) is 0 Å². The van der Waals surface area contributed by atoms with Gasteiger partial charge in [0.2, 0.25) is 0 Å². The van der Waals surface area contributed by atoms with Crippen LogP contribution in [-0.4, -0.2) is 29.3 Å². The van der Waals surface area contributed by atoms with Crippen molar-refractivity contribution in [3.63, 3.8) is 0 Å². The number of fused-ring (bicyclic) bond motifs is 1. The molecule has 1 fully saturated rings. The second-order valence-corrected chi connectivity index (χ2v) is 5.76. The predicted molar refractivity (Wildman–Crippen MR) is 82.7 cm³/mol. The third-order valence-corrected chi connectivity index (χ3v) is 4.39. The Morgan fingerprint density at radius 3 is 2.81 bits per heavy atom. The first-order valence-corrected chi connectivity index (χ1v) is 7.33. The van der Waals surface area contributed by atoms with Gasteiger partial charge in [0.05, 0.1) is 17.3 Å². The number of anilines is 2. The molecule has 3 rings (SSSR count). The number of benzene rings is 1. The average molecular weight is 289 g/mol. The largest absolute Gasteiger partial charge is 0.398 e. The molecule has 0 bridgehead atoms. The minimum absolute atomic E-state index is 0.289. The molecule has 0 radical (unpaired) electrons. The number of hydrogen-bond acceptors (Lipinski definition) is 4. The molecule has 1 aromatic heterocycles. The molecule has 1 aliphatic heterocycles. The van der Waals surface area contributed by atoms with Gasteiger partial charge in [-0.15, -0.1) is 0 Å². The third kappa shape index (κ3) is 2.53. The SMILES string of the molecule is CC(O)C1CCN(c2c(F)cc(N)c3cccnc23)CC1.